The minimum absolute atomic E-state index is 0.165. The van der Waals surface area contributed by atoms with E-state index in [1.165, 1.54) is 5.69 Å². The lowest BCUT2D eigenvalue weighted by molar-refractivity contribution is -0.136. The molecular weight excluding hydrogens is 310 g/mol. The number of aryl methyl sites for hydroxylation is 1. The zero-order valence-electron chi connectivity index (χ0n) is 15.0. The number of likely N-dealkylation sites (tertiary alicyclic amines) is 2. The molecule has 2 fully saturated rings. The lowest BCUT2D eigenvalue weighted by Gasteiger charge is -2.35. The highest BCUT2D eigenvalue weighted by Crippen LogP contribution is 2.39. The molecule has 0 N–H and O–H groups in total. The van der Waals surface area contributed by atoms with Crippen LogP contribution in [0.15, 0.2) is 48.7 Å². The van der Waals surface area contributed by atoms with Gasteiger partial charge in [-0.2, -0.15) is 0 Å². The molecule has 2 aromatic rings. The molecule has 132 valence electrons. The topological polar surface area (TPSA) is 28.5 Å². The van der Waals surface area contributed by atoms with Crippen LogP contribution in [0.25, 0.3) is 0 Å². The summed E-state index contributed by atoms with van der Waals surface area (Å²) in [6, 6.07) is 14.8. The van der Waals surface area contributed by atoms with Crippen LogP contribution >= 0.6 is 0 Å². The first-order valence-corrected chi connectivity index (χ1v) is 9.46. The summed E-state index contributed by atoms with van der Waals surface area (Å²) >= 11 is 0. The van der Waals surface area contributed by atoms with E-state index in [2.05, 4.69) is 51.9 Å². The summed E-state index contributed by atoms with van der Waals surface area (Å²) < 4.78 is 2.20. The first-order valence-electron chi connectivity index (χ1n) is 9.46. The van der Waals surface area contributed by atoms with Crippen LogP contribution < -0.4 is 0 Å². The van der Waals surface area contributed by atoms with Crippen LogP contribution in [0.1, 0.15) is 49.0 Å². The van der Waals surface area contributed by atoms with Gasteiger partial charge in [-0.25, -0.2) is 0 Å². The third-order valence-corrected chi connectivity index (χ3v) is 5.72. The molecule has 2 saturated heterocycles. The van der Waals surface area contributed by atoms with Crippen molar-refractivity contribution in [3.05, 3.63) is 59.9 Å². The first kappa shape index (κ1) is 16.4. The summed E-state index contributed by atoms with van der Waals surface area (Å²) in [5, 5.41) is 0. The Labute approximate surface area is 150 Å². The largest absolute Gasteiger partial charge is 0.353 e. The van der Waals surface area contributed by atoms with Gasteiger partial charge in [0.15, 0.2) is 0 Å². The van der Waals surface area contributed by atoms with E-state index in [1.54, 1.807) is 0 Å². The van der Waals surface area contributed by atoms with Gasteiger partial charge in [-0.1, -0.05) is 30.3 Å². The lowest BCUT2D eigenvalue weighted by Crippen LogP contribution is -2.42. The van der Waals surface area contributed by atoms with Gasteiger partial charge in [0.1, 0.15) is 6.04 Å². The molecule has 1 aromatic heterocycles. The Kier molecular flexibility index (Phi) is 4.62. The fourth-order valence-electron chi connectivity index (χ4n) is 4.46. The molecule has 25 heavy (non-hydrogen) atoms. The van der Waals surface area contributed by atoms with Gasteiger partial charge >= 0.3 is 0 Å². The third kappa shape index (κ3) is 3.11. The van der Waals surface area contributed by atoms with Crippen LogP contribution in [0.3, 0.4) is 0 Å². The Balaban J connectivity index is 1.69. The van der Waals surface area contributed by atoms with Gasteiger partial charge in [0.05, 0.1) is 6.04 Å². The minimum atomic E-state index is -0.165. The van der Waals surface area contributed by atoms with Crippen molar-refractivity contribution in [2.45, 2.75) is 37.8 Å². The summed E-state index contributed by atoms with van der Waals surface area (Å²) in [4.78, 5) is 17.9. The van der Waals surface area contributed by atoms with Crippen molar-refractivity contribution in [2.24, 2.45) is 7.05 Å². The summed E-state index contributed by atoms with van der Waals surface area (Å²) in [6.45, 7) is 2.80. The van der Waals surface area contributed by atoms with E-state index in [1.807, 2.05) is 18.2 Å². The molecule has 4 rings (SSSR count). The predicted molar refractivity (Wildman–Crippen MR) is 99.1 cm³/mol. The van der Waals surface area contributed by atoms with Crippen molar-refractivity contribution in [2.75, 3.05) is 19.6 Å². The molecule has 1 aromatic carbocycles. The first-order chi connectivity index (χ1) is 12.3. The molecule has 0 unspecified atom stereocenters. The van der Waals surface area contributed by atoms with Gasteiger partial charge in [-0.3, -0.25) is 9.69 Å². The van der Waals surface area contributed by atoms with Crippen LogP contribution in [0.5, 0.6) is 0 Å². The molecule has 0 bridgehead atoms. The molecule has 2 aliphatic heterocycles. The van der Waals surface area contributed by atoms with E-state index in [9.17, 15) is 4.79 Å². The summed E-state index contributed by atoms with van der Waals surface area (Å²) in [6.07, 6.45) is 6.63. The zero-order valence-corrected chi connectivity index (χ0v) is 15.0. The van der Waals surface area contributed by atoms with E-state index in [4.69, 9.17) is 0 Å². The fraction of sp³-hybridized carbons (Fsp3) is 0.476. The molecule has 1 amide bonds. The normalized spacial score (nSPS) is 22.4. The number of carbonyl (C=O) groups is 1. The Morgan fingerprint density at radius 3 is 2.44 bits per heavy atom. The van der Waals surface area contributed by atoms with Crippen LogP contribution in [-0.4, -0.2) is 39.9 Å². The molecule has 4 nitrogen and oxygen atoms in total. The van der Waals surface area contributed by atoms with Gasteiger partial charge in [-0.05, 0) is 49.9 Å². The highest BCUT2D eigenvalue weighted by molar-refractivity contribution is 5.83. The molecule has 0 aliphatic carbocycles. The van der Waals surface area contributed by atoms with Crippen LogP contribution in [0, 0.1) is 0 Å². The van der Waals surface area contributed by atoms with Crippen molar-refractivity contribution in [3.8, 4) is 0 Å². The van der Waals surface area contributed by atoms with Gasteiger partial charge < -0.3 is 9.47 Å². The van der Waals surface area contributed by atoms with E-state index < -0.39 is 0 Å². The number of amides is 1. The van der Waals surface area contributed by atoms with E-state index in [0.717, 1.165) is 50.9 Å². The average Bonchev–Trinajstić information content (AvgIpc) is 3.37. The van der Waals surface area contributed by atoms with Gasteiger partial charge in [0, 0.05) is 32.0 Å². The highest BCUT2D eigenvalue weighted by Gasteiger charge is 2.39. The maximum Gasteiger partial charge on any atom is 0.244 e. The van der Waals surface area contributed by atoms with Crippen LogP contribution in [-0.2, 0) is 11.8 Å². The quantitative estimate of drug-likeness (QED) is 0.854. The van der Waals surface area contributed by atoms with E-state index in [-0.39, 0.29) is 11.9 Å². The second-order valence-corrected chi connectivity index (χ2v) is 7.29. The monoisotopic (exact) mass is 337 g/mol. The average molecular weight is 337 g/mol. The number of hydrogen-bond donors (Lipinski definition) is 0. The van der Waals surface area contributed by atoms with Crippen molar-refractivity contribution in [3.63, 3.8) is 0 Å². The highest BCUT2D eigenvalue weighted by atomic mass is 16.2. The second-order valence-electron chi connectivity index (χ2n) is 7.29. The maximum absolute atomic E-state index is 13.4. The molecule has 0 radical (unpaired) electrons. The lowest BCUT2D eigenvalue weighted by atomic mass is 10.0. The standard InChI is InChI=1S/C21H27N3O/c1-22-13-7-11-18(22)19-12-8-16-24(19)20(17-9-3-2-4-10-17)21(25)23-14-5-6-15-23/h2-4,7,9-11,13,19-20H,5-6,8,12,14-16H2,1H3/t19-,20+/m1/s1. The third-order valence-electron chi connectivity index (χ3n) is 5.72. The maximum atomic E-state index is 13.4. The van der Waals surface area contributed by atoms with Crippen molar-refractivity contribution in [1.29, 1.82) is 0 Å². The SMILES string of the molecule is Cn1cccc1[C@H]1CCCN1[C@H](C(=O)N1CCCC1)c1ccccc1. The van der Waals surface area contributed by atoms with E-state index in [0.29, 0.717) is 6.04 Å². The van der Waals surface area contributed by atoms with Gasteiger partial charge in [0.25, 0.3) is 0 Å². The second kappa shape index (κ2) is 7.04. The fourth-order valence-corrected chi connectivity index (χ4v) is 4.46. The number of benzene rings is 1. The van der Waals surface area contributed by atoms with Crippen molar-refractivity contribution >= 4 is 5.91 Å². The number of carbonyl (C=O) groups excluding carboxylic acids is 1. The van der Waals surface area contributed by atoms with E-state index >= 15 is 0 Å². The van der Waals surface area contributed by atoms with Gasteiger partial charge in [-0.15, -0.1) is 0 Å². The Bertz CT molecular complexity index is 718. The number of rotatable bonds is 4. The molecule has 2 aliphatic rings. The summed E-state index contributed by atoms with van der Waals surface area (Å²) in [5.74, 6) is 0.282. The Morgan fingerprint density at radius 1 is 1.00 bits per heavy atom. The number of hydrogen-bond acceptors (Lipinski definition) is 2. The van der Waals surface area contributed by atoms with Crippen LogP contribution in [0.2, 0.25) is 0 Å². The van der Waals surface area contributed by atoms with Crippen molar-refractivity contribution in [1.82, 2.24) is 14.4 Å². The smallest absolute Gasteiger partial charge is 0.244 e. The minimum Gasteiger partial charge on any atom is -0.353 e. The predicted octanol–water partition coefficient (Wildman–Crippen LogP) is 3.53. The van der Waals surface area contributed by atoms with Crippen LogP contribution in [0.4, 0.5) is 0 Å². The summed E-state index contributed by atoms with van der Waals surface area (Å²) in [5.41, 5.74) is 2.44. The number of aromatic nitrogens is 1. The molecule has 3 heterocycles. The van der Waals surface area contributed by atoms with Gasteiger partial charge in [0.2, 0.25) is 5.91 Å². The number of nitrogens with zero attached hydrogens (tertiary/aromatic N) is 3. The molecule has 0 spiro atoms. The Morgan fingerprint density at radius 2 is 1.76 bits per heavy atom. The van der Waals surface area contributed by atoms with Crippen molar-refractivity contribution < 1.29 is 4.79 Å². The Hall–Kier alpha value is -2.07. The molecular formula is C21H27N3O. The zero-order chi connectivity index (χ0) is 17.2. The molecule has 4 heteroatoms. The molecule has 2 atom stereocenters. The summed E-state index contributed by atoms with van der Waals surface area (Å²) in [7, 11) is 2.10. The molecule has 0 saturated carbocycles.